The third-order valence-corrected chi connectivity index (χ3v) is 4.28. The third kappa shape index (κ3) is 3.38. The molecule has 0 aliphatic carbocycles. The Hall–Kier alpha value is -1.23. The summed E-state index contributed by atoms with van der Waals surface area (Å²) in [5.74, 6) is 3.06. The minimum Gasteiger partial charge on any atom is -0.386 e. The second kappa shape index (κ2) is 6.64. The molecule has 5 heteroatoms. The molecule has 1 saturated heterocycles. The lowest BCUT2D eigenvalue weighted by atomic mass is 10.0. The van der Waals surface area contributed by atoms with Crippen LogP contribution in [-0.2, 0) is 0 Å². The van der Waals surface area contributed by atoms with E-state index in [-0.39, 0.29) is 5.91 Å². The van der Waals surface area contributed by atoms with E-state index in [4.69, 9.17) is 0 Å². The van der Waals surface area contributed by atoms with E-state index in [2.05, 4.69) is 15.6 Å². The lowest BCUT2D eigenvalue weighted by Crippen LogP contribution is -2.31. The monoisotopic (exact) mass is 265 g/mol. The van der Waals surface area contributed by atoms with Gasteiger partial charge in [-0.3, -0.25) is 9.78 Å². The molecular weight excluding hydrogens is 246 g/mol. The van der Waals surface area contributed by atoms with Gasteiger partial charge in [-0.1, -0.05) is 0 Å². The van der Waals surface area contributed by atoms with Gasteiger partial charge in [-0.25, -0.2) is 0 Å². The highest BCUT2D eigenvalue weighted by atomic mass is 32.2. The molecule has 98 valence electrons. The fourth-order valence-electron chi connectivity index (χ4n) is 2.07. The van der Waals surface area contributed by atoms with Crippen LogP contribution >= 0.6 is 11.8 Å². The highest BCUT2D eigenvalue weighted by molar-refractivity contribution is 7.99. The van der Waals surface area contributed by atoms with E-state index in [0.29, 0.717) is 11.5 Å². The van der Waals surface area contributed by atoms with Crippen LogP contribution in [0, 0.1) is 5.92 Å². The Balaban J connectivity index is 1.90. The van der Waals surface area contributed by atoms with Crippen LogP contribution in [-0.4, -0.2) is 36.0 Å². The highest BCUT2D eigenvalue weighted by Gasteiger charge is 2.16. The van der Waals surface area contributed by atoms with Crippen LogP contribution in [0.5, 0.6) is 0 Å². The normalized spacial score (nSPS) is 16.3. The molecule has 0 bridgehead atoms. The van der Waals surface area contributed by atoms with E-state index in [0.717, 1.165) is 12.2 Å². The van der Waals surface area contributed by atoms with Gasteiger partial charge >= 0.3 is 0 Å². The minimum absolute atomic E-state index is 0.0139. The van der Waals surface area contributed by atoms with Crippen molar-refractivity contribution >= 4 is 23.4 Å². The zero-order valence-electron chi connectivity index (χ0n) is 10.6. The molecule has 0 radical (unpaired) electrons. The van der Waals surface area contributed by atoms with Gasteiger partial charge in [0.1, 0.15) is 0 Å². The first-order valence-electron chi connectivity index (χ1n) is 6.29. The molecule has 1 aromatic rings. The van der Waals surface area contributed by atoms with Crippen LogP contribution in [0.3, 0.4) is 0 Å². The molecular formula is C13H19N3OS. The summed E-state index contributed by atoms with van der Waals surface area (Å²) in [5, 5.41) is 6.02. The summed E-state index contributed by atoms with van der Waals surface area (Å²) >= 11 is 2.00. The number of aromatic nitrogens is 1. The number of nitrogens with one attached hydrogen (secondary N) is 2. The zero-order valence-corrected chi connectivity index (χ0v) is 11.4. The third-order valence-electron chi connectivity index (χ3n) is 3.23. The van der Waals surface area contributed by atoms with Gasteiger partial charge in [-0.2, -0.15) is 11.8 Å². The smallest absolute Gasteiger partial charge is 0.253 e. The Morgan fingerprint density at radius 1 is 1.50 bits per heavy atom. The van der Waals surface area contributed by atoms with Crippen molar-refractivity contribution in [3.63, 3.8) is 0 Å². The molecule has 0 atom stereocenters. The van der Waals surface area contributed by atoms with Gasteiger partial charge in [0.05, 0.1) is 17.4 Å². The number of carbonyl (C=O) groups is 1. The van der Waals surface area contributed by atoms with Crippen LogP contribution in [0.15, 0.2) is 18.5 Å². The number of nitrogens with zero attached hydrogens (tertiary/aromatic N) is 1. The van der Waals surface area contributed by atoms with E-state index in [1.807, 2.05) is 11.8 Å². The minimum atomic E-state index is -0.0139. The number of rotatable bonds is 4. The van der Waals surface area contributed by atoms with Crippen LogP contribution in [0.1, 0.15) is 23.2 Å². The van der Waals surface area contributed by atoms with Gasteiger partial charge in [-0.15, -0.1) is 0 Å². The van der Waals surface area contributed by atoms with Crippen molar-refractivity contribution in [2.75, 3.05) is 30.4 Å². The maximum atomic E-state index is 12.1. The number of hydrogen-bond donors (Lipinski definition) is 2. The van der Waals surface area contributed by atoms with Crippen molar-refractivity contribution in [1.29, 1.82) is 0 Å². The standard InChI is InChI=1S/C13H19N3OS/c1-14-12-9-15-5-2-11(12)13(17)16-8-10-3-6-18-7-4-10/h2,5,9-10,14H,3-4,6-8H2,1H3,(H,16,17). The first-order valence-corrected chi connectivity index (χ1v) is 7.44. The summed E-state index contributed by atoms with van der Waals surface area (Å²) in [6.45, 7) is 0.783. The Bertz CT molecular complexity index is 405. The van der Waals surface area contributed by atoms with E-state index in [1.165, 1.54) is 24.3 Å². The number of hydrogen-bond acceptors (Lipinski definition) is 4. The molecule has 2 rings (SSSR count). The second-order valence-corrected chi connectivity index (χ2v) is 5.66. The Kier molecular flexibility index (Phi) is 4.87. The molecule has 2 N–H and O–H groups in total. The lowest BCUT2D eigenvalue weighted by Gasteiger charge is -2.21. The number of anilines is 1. The summed E-state index contributed by atoms with van der Waals surface area (Å²) in [7, 11) is 1.80. The van der Waals surface area contributed by atoms with E-state index in [9.17, 15) is 4.79 Å². The Morgan fingerprint density at radius 3 is 3.00 bits per heavy atom. The number of thioether (sulfide) groups is 1. The number of pyridine rings is 1. The van der Waals surface area contributed by atoms with Crippen LogP contribution in [0.4, 0.5) is 5.69 Å². The van der Waals surface area contributed by atoms with Crippen LogP contribution in [0.25, 0.3) is 0 Å². The molecule has 0 spiro atoms. The SMILES string of the molecule is CNc1cnccc1C(=O)NCC1CCSCC1. The van der Waals surface area contributed by atoms with Gasteiger partial charge < -0.3 is 10.6 Å². The maximum Gasteiger partial charge on any atom is 0.253 e. The van der Waals surface area contributed by atoms with Crippen LogP contribution < -0.4 is 10.6 Å². The summed E-state index contributed by atoms with van der Waals surface area (Å²) in [6, 6.07) is 1.75. The average molecular weight is 265 g/mol. The Morgan fingerprint density at radius 2 is 2.28 bits per heavy atom. The van der Waals surface area contributed by atoms with Gasteiger partial charge in [-0.05, 0) is 36.3 Å². The summed E-state index contributed by atoms with van der Waals surface area (Å²) in [4.78, 5) is 16.1. The first kappa shape index (κ1) is 13.2. The van der Waals surface area contributed by atoms with Gasteiger partial charge in [0.2, 0.25) is 0 Å². The predicted molar refractivity (Wildman–Crippen MR) is 76.2 cm³/mol. The molecule has 2 heterocycles. The van der Waals surface area contributed by atoms with Crippen molar-refractivity contribution in [2.24, 2.45) is 5.92 Å². The summed E-state index contributed by atoms with van der Waals surface area (Å²) < 4.78 is 0. The lowest BCUT2D eigenvalue weighted by molar-refractivity contribution is 0.0947. The van der Waals surface area contributed by atoms with Gasteiger partial charge in [0.25, 0.3) is 5.91 Å². The van der Waals surface area contributed by atoms with Crippen molar-refractivity contribution in [3.05, 3.63) is 24.0 Å². The van der Waals surface area contributed by atoms with Crippen molar-refractivity contribution in [3.8, 4) is 0 Å². The van der Waals surface area contributed by atoms with Crippen molar-refractivity contribution in [2.45, 2.75) is 12.8 Å². The van der Waals surface area contributed by atoms with Crippen molar-refractivity contribution in [1.82, 2.24) is 10.3 Å². The molecule has 1 aromatic heterocycles. The topological polar surface area (TPSA) is 54.0 Å². The molecule has 1 amide bonds. The Labute approximate surface area is 112 Å². The number of carbonyl (C=O) groups excluding carboxylic acids is 1. The average Bonchev–Trinajstić information content (AvgIpc) is 2.45. The highest BCUT2D eigenvalue weighted by Crippen LogP contribution is 2.22. The number of amides is 1. The zero-order chi connectivity index (χ0) is 12.8. The molecule has 18 heavy (non-hydrogen) atoms. The quantitative estimate of drug-likeness (QED) is 0.874. The molecule has 0 saturated carbocycles. The van der Waals surface area contributed by atoms with Gasteiger partial charge in [0, 0.05) is 19.8 Å². The predicted octanol–water partition coefficient (Wildman–Crippen LogP) is 2.00. The molecule has 0 unspecified atom stereocenters. The molecule has 1 aliphatic heterocycles. The van der Waals surface area contributed by atoms with E-state index in [1.54, 1.807) is 25.5 Å². The summed E-state index contributed by atoms with van der Waals surface area (Å²) in [6.07, 6.45) is 5.74. The van der Waals surface area contributed by atoms with E-state index >= 15 is 0 Å². The van der Waals surface area contributed by atoms with Crippen LogP contribution in [0.2, 0.25) is 0 Å². The first-order chi connectivity index (χ1) is 8.81. The largest absolute Gasteiger partial charge is 0.386 e. The fourth-order valence-corrected chi connectivity index (χ4v) is 3.28. The summed E-state index contributed by atoms with van der Waals surface area (Å²) in [5.41, 5.74) is 1.44. The van der Waals surface area contributed by atoms with E-state index < -0.39 is 0 Å². The molecule has 1 aliphatic rings. The second-order valence-electron chi connectivity index (χ2n) is 4.44. The molecule has 4 nitrogen and oxygen atoms in total. The molecule has 0 aromatic carbocycles. The maximum absolute atomic E-state index is 12.1. The molecule has 1 fully saturated rings. The van der Waals surface area contributed by atoms with Crippen molar-refractivity contribution < 1.29 is 4.79 Å². The van der Waals surface area contributed by atoms with Gasteiger partial charge in [0.15, 0.2) is 0 Å². The fraction of sp³-hybridized carbons (Fsp3) is 0.538.